The Morgan fingerprint density at radius 2 is 1.80 bits per heavy atom. The van der Waals surface area contributed by atoms with Crippen LogP contribution in [-0.2, 0) is 6.54 Å². The molecule has 0 atom stereocenters. The minimum Gasteiger partial charge on any atom is -0.376 e. The van der Waals surface area contributed by atoms with E-state index in [1.54, 1.807) is 6.07 Å². The van der Waals surface area contributed by atoms with E-state index < -0.39 is 29.0 Å². The lowest BCUT2D eigenvalue weighted by atomic mass is 10.2. The van der Waals surface area contributed by atoms with Gasteiger partial charge in [0.1, 0.15) is 17.5 Å². The van der Waals surface area contributed by atoms with Crippen LogP contribution in [0.3, 0.4) is 0 Å². The highest BCUT2D eigenvalue weighted by atomic mass is 19.2. The quantitative estimate of drug-likeness (QED) is 0.694. The molecule has 2 aromatic rings. The van der Waals surface area contributed by atoms with E-state index in [0.29, 0.717) is 5.56 Å². The molecule has 102 valence electrons. The molecule has 0 spiro atoms. The van der Waals surface area contributed by atoms with Crippen molar-refractivity contribution in [3.8, 4) is 6.07 Å². The fourth-order valence-electron chi connectivity index (χ4n) is 1.59. The summed E-state index contributed by atoms with van der Waals surface area (Å²) in [6.07, 6.45) is 1.38. The zero-order valence-corrected chi connectivity index (χ0v) is 9.92. The maximum atomic E-state index is 13.4. The average Bonchev–Trinajstić information content (AvgIpc) is 2.45. The van der Waals surface area contributed by atoms with E-state index in [-0.39, 0.29) is 18.3 Å². The van der Waals surface area contributed by atoms with Gasteiger partial charge < -0.3 is 5.32 Å². The van der Waals surface area contributed by atoms with Crippen molar-refractivity contribution in [1.29, 1.82) is 5.26 Å². The lowest BCUT2D eigenvalue weighted by Crippen LogP contribution is -2.08. The predicted octanol–water partition coefficient (Wildman–Crippen LogP) is 3.12. The molecule has 7 heteroatoms. The van der Waals surface area contributed by atoms with E-state index in [1.807, 2.05) is 0 Å². The normalized spacial score (nSPS) is 10.2. The van der Waals surface area contributed by atoms with Crippen LogP contribution in [0.1, 0.15) is 11.3 Å². The predicted molar refractivity (Wildman–Crippen MR) is 62.6 cm³/mol. The number of anilines is 1. The Labute approximate surface area is 111 Å². The SMILES string of the molecule is N#Cc1ncccc1CNc1c(F)c(F)cc(F)c1F. The molecular weight excluding hydrogens is 274 g/mol. The standard InChI is InChI=1S/C13H7F4N3/c14-8-4-9(15)12(17)13(11(8)16)20-6-7-2-1-3-19-10(7)5-18/h1-4,20H,6H2. The van der Waals surface area contributed by atoms with Gasteiger partial charge in [-0.05, 0) is 6.07 Å². The number of nitriles is 1. The summed E-state index contributed by atoms with van der Waals surface area (Å²) in [5, 5.41) is 11.0. The Balaban J connectivity index is 2.30. The summed E-state index contributed by atoms with van der Waals surface area (Å²) in [6, 6.07) is 4.95. The molecule has 1 N–H and O–H groups in total. The van der Waals surface area contributed by atoms with Crippen LogP contribution < -0.4 is 5.32 Å². The number of nitrogens with one attached hydrogen (secondary N) is 1. The molecular formula is C13H7F4N3. The largest absolute Gasteiger partial charge is 0.376 e. The van der Waals surface area contributed by atoms with Crippen LogP contribution in [0.25, 0.3) is 0 Å². The maximum absolute atomic E-state index is 13.4. The number of nitrogens with zero attached hydrogens (tertiary/aromatic N) is 2. The summed E-state index contributed by atoms with van der Waals surface area (Å²) in [6.45, 7) is -0.201. The van der Waals surface area contributed by atoms with E-state index >= 15 is 0 Å². The van der Waals surface area contributed by atoms with Crippen LogP contribution in [0.4, 0.5) is 23.2 Å². The average molecular weight is 281 g/mol. The lowest BCUT2D eigenvalue weighted by Gasteiger charge is -2.10. The first kappa shape index (κ1) is 13.8. The fourth-order valence-corrected chi connectivity index (χ4v) is 1.59. The molecule has 1 aromatic heterocycles. The molecule has 0 aliphatic carbocycles. The molecule has 0 fully saturated rings. The van der Waals surface area contributed by atoms with Crippen LogP contribution in [0.15, 0.2) is 24.4 Å². The summed E-state index contributed by atoms with van der Waals surface area (Å²) in [5.41, 5.74) is -0.522. The smallest absolute Gasteiger partial charge is 0.185 e. The van der Waals surface area contributed by atoms with Crippen molar-refractivity contribution < 1.29 is 17.6 Å². The molecule has 20 heavy (non-hydrogen) atoms. The van der Waals surface area contributed by atoms with Crippen molar-refractivity contribution in [3.63, 3.8) is 0 Å². The van der Waals surface area contributed by atoms with Gasteiger partial charge in [-0.25, -0.2) is 22.5 Å². The van der Waals surface area contributed by atoms with Gasteiger partial charge in [-0.15, -0.1) is 0 Å². The zero-order chi connectivity index (χ0) is 14.7. The monoisotopic (exact) mass is 281 g/mol. The molecule has 1 heterocycles. The molecule has 0 amide bonds. The van der Waals surface area contributed by atoms with Crippen molar-refractivity contribution in [3.05, 3.63) is 58.9 Å². The molecule has 0 aliphatic heterocycles. The Bertz CT molecular complexity index is 668. The van der Waals surface area contributed by atoms with Gasteiger partial charge in [-0.2, -0.15) is 5.26 Å². The van der Waals surface area contributed by atoms with Gasteiger partial charge in [-0.1, -0.05) is 6.07 Å². The number of benzene rings is 1. The highest BCUT2D eigenvalue weighted by molar-refractivity contribution is 5.48. The molecule has 0 saturated heterocycles. The van der Waals surface area contributed by atoms with Crippen molar-refractivity contribution in [2.45, 2.75) is 6.54 Å². The van der Waals surface area contributed by atoms with Gasteiger partial charge >= 0.3 is 0 Å². The Kier molecular flexibility index (Phi) is 3.84. The zero-order valence-electron chi connectivity index (χ0n) is 9.92. The van der Waals surface area contributed by atoms with E-state index in [2.05, 4.69) is 10.3 Å². The molecule has 0 aliphatic rings. The van der Waals surface area contributed by atoms with Gasteiger partial charge in [0, 0.05) is 24.4 Å². The fraction of sp³-hybridized carbons (Fsp3) is 0.0769. The molecule has 0 bridgehead atoms. The Morgan fingerprint density at radius 3 is 2.40 bits per heavy atom. The van der Waals surface area contributed by atoms with Gasteiger partial charge in [0.05, 0.1) is 0 Å². The molecule has 0 radical (unpaired) electrons. The summed E-state index contributed by atoms with van der Waals surface area (Å²) >= 11 is 0. The van der Waals surface area contributed by atoms with E-state index in [9.17, 15) is 17.6 Å². The van der Waals surface area contributed by atoms with Crippen LogP contribution in [0.5, 0.6) is 0 Å². The van der Waals surface area contributed by atoms with Crippen LogP contribution in [0.2, 0.25) is 0 Å². The topological polar surface area (TPSA) is 48.7 Å². The molecule has 0 saturated carbocycles. The van der Waals surface area contributed by atoms with E-state index in [1.165, 1.54) is 18.3 Å². The van der Waals surface area contributed by atoms with Crippen LogP contribution in [0, 0.1) is 34.6 Å². The first-order valence-electron chi connectivity index (χ1n) is 5.45. The maximum Gasteiger partial charge on any atom is 0.185 e. The van der Waals surface area contributed by atoms with Crippen molar-refractivity contribution in [2.24, 2.45) is 0 Å². The number of pyridine rings is 1. The second kappa shape index (κ2) is 5.57. The van der Waals surface area contributed by atoms with Gasteiger partial charge in [0.25, 0.3) is 0 Å². The third-order valence-corrected chi connectivity index (χ3v) is 2.56. The number of hydrogen-bond acceptors (Lipinski definition) is 3. The number of hydrogen-bond donors (Lipinski definition) is 1. The summed E-state index contributed by atoms with van der Waals surface area (Å²) in [5.74, 6) is -6.05. The Morgan fingerprint density at radius 1 is 1.15 bits per heavy atom. The summed E-state index contributed by atoms with van der Waals surface area (Å²) in [7, 11) is 0. The summed E-state index contributed by atoms with van der Waals surface area (Å²) < 4.78 is 52.8. The first-order chi connectivity index (χ1) is 9.54. The number of rotatable bonds is 3. The van der Waals surface area contributed by atoms with Crippen LogP contribution >= 0.6 is 0 Å². The minimum atomic E-state index is -1.52. The second-order valence-corrected chi connectivity index (χ2v) is 3.82. The highest BCUT2D eigenvalue weighted by Crippen LogP contribution is 2.24. The third kappa shape index (κ3) is 2.54. The van der Waals surface area contributed by atoms with Gasteiger partial charge in [0.15, 0.2) is 23.3 Å². The van der Waals surface area contributed by atoms with E-state index in [4.69, 9.17) is 5.26 Å². The van der Waals surface area contributed by atoms with Gasteiger partial charge in [0.2, 0.25) is 0 Å². The Hall–Kier alpha value is -2.62. The second-order valence-electron chi connectivity index (χ2n) is 3.82. The number of halogens is 4. The minimum absolute atomic E-state index is 0.0534. The van der Waals surface area contributed by atoms with Gasteiger partial charge in [-0.3, -0.25) is 0 Å². The van der Waals surface area contributed by atoms with Crippen molar-refractivity contribution in [2.75, 3.05) is 5.32 Å². The van der Waals surface area contributed by atoms with E-state index in [0.717, 1.165) is 0 Å². The highest BCUT2D eigenvalue weighted by Gasteiger charge is 2.19. The first-order valence-corrected chi connectivity index (χ1v) is 5.45. The van der Waals surface area contributed by atoms with Crippen molar-refractivity contribution in [1.82, 2.24) is 4.98 Å². The molecule has 0 unspecified atom stereocenters. The van der Waals surface area contributed by atoms with Crippen molar-refractivity contribution >= 4 is 5.69 Å². The number of aromatic nitrogens is 1. The molecule has 1 aromatic carbocycles. The van der Waals surface area contributed by atoms with Crippen LogP contribution in [-0.4, -0.2) is 4.98 Å². The molecule has 3 nitrogen and oxygen atoms in total. The molecule has 2 rings (SSSR count). The summed E-state index contributed by atoms with van der Waals surface area (Å²) in [4.78, 5) is 3.75. The third-order valence-electron chi connectivity index (χ3n) is 2.56. The lowest BCUT2D eigenvalue weighted by molar-refractivity contribution is 0.458.